The highest BCUT2D eigenvalue weighted by Gasteiger charge is 2.33. The molecule has 4 nitrogen and oxygen atoms in total. The van der Waals surface area contributed by atoms with Crippen molar-refractivity contribution in [2.75, 3.05) is 20.6 Å². The van der Waals surface area contributed by atoms with Gasteiger partial charge in [-0.3, -0.25) is 4.99 Å². The third-order valence-electron chi connectivity index (χ3n) is 3.37. The number of nitrogens with zero attached hydrogens (tertiary/aromatic N) is 3. The van der Waals surface area contributed by atoms with Crippen LogP contribution in [-0.2, 0) is 19.1 Å². The van der Waals surface area contributed by atoms with Gasteiger partial charge < -0.3 is 10.2 Å². The highest BCUT2D eigenvalue weighted by Crippen LogP contribution is 2.30. The molecule has 0 spiro atoms. The number of hydrogen-bond acceptors (Lipinski definition) is 3. The molecule has 0 saturated heterocycles. The summed E-state index contributed by atoms with van der Waals surface area (Å²) in [6, 6.07) is 7.98. The summed E-state index contributed by atoms with van der Waals surface area (Å²) in [4.78, 5) is 9.77. The zero-order valence-electron chi connectivity index (χ0n) is 14.2. The van der Waals surface area contributed by atoms with E-state index < -0.39 is 11.9 Å². The average Bonchev–Trinajstić information content (AvgIpc) is 3.03. The van der Waals surface area contributed by atoms with Crippen LogP contribution in [0.15, 0.2) is 39.1 Å². The lowest BCUT2D eigenvalue weighted by Crippen LogP contribution is -2.39. The summed E-state index contributed by atoms with van der Waals surface area (Å²) in [5.41, 5.74) is 0.299. The first-order valence-corrected chi connectivity index (χ1v) is 9.14. The van der Waals surface area contributed by atoms with Gasteiger partial charge in [-0.1, -0.05) is 28.1 Å². The standard InChI is InChI=1S/C16H18BrF3N4S.HI/c1-21-15(24(2)9-11-3-5-12(17)6-4-11)22-8-7-14-23-13(10-25-14)16(18,19)20;/h3-6,10H,7-9H2,1-2H3,(H,21,22);1H. The van der Waals surface area contributed by atoms with E-state index in [2.05, 4.69) is 31.2 Å². The quantitative estimate of drug-likeness (QED) is 0.323. The van der Waals surface area contributed by atoms with Crippen molar-refractivity contribution < 1.29 is 13.2 Å². The van der Waals surface area contributed by atoms with Crippen LogP contribution in [-0.4, -0.2) is 36.5 Å². The second-order valence-corrected chi connectivity index (χ2v) is 7.19. The fourth-order valence-electron chi connectivity index (χ4n) is 2.16. The first-order chi connectivity index (χ1) is 11.8. The zero-order chi connectivity index (χ0) is 18.4. The smallest absolute Gasteiger partial charge is 0.356 e. The topological polar surface area (TPSA) is 40.5 Å². The molecule has 0 unspecified atom stereocenters. The third kappa shape index (κ3) is 7.03. The van der Waals surface area contributed by atoms with Crippen LogP contribution in [0.4, 0.5) is 13.2 Å². The van der Waals surface area contributed by atoms with Gasteiger partial charge in [0.2, 0.25) is 0 Å². The molecule has 1 aromatic heterocycles. The normalized spacial score (nSPS) is 11.8. The summed E-state index contributed by atoms with van der Waals surface area (Å²) in [6.07, 6.45) is -3.98. The molecule has 1 heterocycles. The van der Waals surface area contributed by atoms with Crippen LogP contribution < -0.4 is 5.32 Å². The van der Waals surface area contributed by atoms with Gasteiger partial charge in [0.15, 0.2) is 11.7 Å². The average molecular weight is 563 g/mol. The van der Waals surface area contributed by atoms with Gasteiger partial charge in [0.05, 0.1) is 5.01 Å². The molecule has 26 heavy (non-hydrogen) atoms. The van der Waals surface area contributed by atoms with E-state index in [0.29, 0.717) is 30.5 Å². The van der Waals surface area contributed by atoms with Crippen molar-refractivity contribution in [2.24, 2.45) is 4.99 Å². The van der Waals surface area contributed by atoms with Crippen LogP contribution in [0.5, 0.6) is 0 Å². The molecule has 0 amide bonds. The molecule has 0 bridgehead atoms. The van der Waals surface area contributed by atoms with E-state index in [0.717, 1.165) is 26.8 Å². The van der Waals surface area contributed by atoms with E-state index in [-0.39, 0.29) is 24.0 Å². The molecule has 0 aliphatic rings. The number of aromatic nitrogens is 1. The minimum absolute atomic E-state index is 0. The number of rotatable bonds is 5. The van der Waals surface area contributed by atoms with Crippen molar-refractivity contribution in [2.45, 2.75) is 19.1 Å². The second kappa shape index (κ2) is 10.5. The maximum absolute atomic E-state index is 12.5. The van der Waals surface area contributed by atoms with Crippen LogP contribution in [0.25, 0.3) is 0 Å². The fourth-order valence-corrected chi connectivity index (χ4v) is 3.23. The van der Waals surface area contributed by atoms with E-state index in [1.54, 1.807) is 7.05 Å². The number of nitrogens with one attached hydrogen (secondary N) is 1. The van der Waals surface area contributed by atoms with Crippen molar-refractivity contribution in [3.8, 4) is 0 Å². The molecule has 2 aromatic rings. The maximum atomic E-state index is 12.5. The van der Waals surface area contributed by atoms with Gasteiger partial charge in [0.1, 0.15) is 0 Å². The molecule has 144 valence electrons. The monoisotopic (exact) mass is 562 g/mol. The lowest BCUT2D eigenvalue weighted by molar-refractivity contribution is -0.140. The Morgan fingerprint density at radius 1 is 1.31 bits per heavy atom. The third-order valence-corrected chi connectivity index (χ3v) is 4.81. The van der Waals surface area contributed by atoms with Gasteiger partial charge in [-0.2, -0.15) is 13.2 Å². The first-order valence-electron chi connectivity index (χ1n) is 7.47. The zero-order valence-corrected chi connectivity index (χ0v) is 18.9. The summed E-state index contributed by atoms with van der Waals surface area (Å²) in [5.74, 6) is 0.676. The lowest BCUT2D eigenvalue weighted by atomic mass is 10.2. The minimum Gasteiger partial charge on any atom is -0.356 e. The van der Waals surface area contributed by atoms with Crippen LogP contribution in [0.3, 0.4) is 0 Å². The predicted octanol–water partition coefficient (Wildman–Crippen LogP) is 4.79. The Morgan fingerprint density at radius 2 is 1.96 bits per heavy atom. The number of thiazole rings is 1. The largest absolute Gasteiger partial charge is 0.434 e. The van der Waals surface area contributed by atoms with Gasteiger partial charge in [0, 0.05) is 43.5 Å². The predicted molar refractivity (Wildman–Crippen MR) is 113 cm³/mol. The molecule has 0 fully saturated rings. The first kappa shape index (κ1) is 23.2. The van der Waals surface area contributed by atoms with E-state index in [9.17, 15) is 13.2 Å². The van der Waals surface area contributed by atoms with E-state index in [4.69, 9.17) is 0 Å². The maximum Gasteiger partial charge on any atom is 0.434 e. The van der Waals surface area contributed by atoms with E-state index in [1.807, 2.05) is 36.2 Å². The van der Waals surface area contributed by atoms with Crippen LogP contribution >= 0.6 is 51.2 Å². The highest BCUT2D eigenvalue weighted by molar-refractivity contribution is 14.0. The molecule has 0 aliphatic carbocycles. The molecule has 0 aliphatic heterocycles. The summed E-state index contributed by atoms with van der Waals surface area (Å²) in [5, 5.41) is 4.64. The minimum atomic E-state index is -4.39. The lowest BCUT2D eigenvalue weighted by Gasteiger charge is -2.22. The van der Waals surface area contributed by atoms with Crippen molar-refractivity contribution in [1.82, 2.24) is 15.2 Å². The number of aliphatic imine (C=N–C) groups is 1. The highest BCUT2D eigenvalue weighted by atomic mass is 127. The summed E-state index contributed by atoms with van der Waals surface area (Å²) in [6.45, 7) is 1.13. The van der Waals surface area contributed by atoms with Gasteiger partial charge in [-0.15, -0.1) is 35.3 Å². The number of hydrogen-bond donors (Lipinski definition) is 1. The van der Waals surface area contributed by atoms with E-state index in [1.165, 1.54) is 0 Å². The van der Waals surface area contributed by atoms with Crippen molar-refractivity contribution in [3.63, 3.8) is 0 Å². The molecular formula is C16H19BrF3IN4S. The van der Waals surface area contributed by atoms with E-state index >= 15 is 0 Å². The van der Waals surface area contributed by atoms with Crippen LogP contribution in [0.1, 0.15) is 16.3 Å². The number of halogens is 5. The molecule has 0 radical (unpaired) electrons. The molecule has 1 aromatic carbocycles. The van der Waals surface area contributed by atoms with Gasteiger partial charge in [-0.05, 0) is 17.7 Å². The summed E-state index contributed by atoms with van der Waals surface area (Å²) >= 11 is 4.42. The number of benzene rings is 1. The van der Waals surface area contributed by atoms with Crippen molar-refractivity contribution in [3.05, 3.63) is 50.4 Å². The fraction of sp³-hybridized carbons (Fsp3) is 0.375. The Morgan fingerprint density at radius 3 is 2.50 bits per heavy atom. The molecule has 2 rings (SSSR count). The second-order valence-electron chi connectivity index (χ2n) is 5.33. The Labute approximate surface area is 180 Å². The number of guanidine groups is 1. The van der Waals surface area contributed by atoms with Crippen molar-refractivity contribution >= 4 is 57.2 Å². The van der Waals surface area contributed by atoms with Gasteiger partial charge in [0.25, 0.3) is 0 Å². The Kier molecular flexibility index (Phi) is 9.31. The Balaban J connectivity index is 0.00000338. The molecular weight excluding hydrogens is 544 g/mol. The van der Waals surface area contributed by atoms with Crippen LogP contribution in [0, 0.1) is 0 Å². The molecule has 10 heteroatoms. The van der Waals surface area contributed by atoms with Gasteiger partial charge >= 0.3 is 6.18 Å². The molecule has 1 N–H and O–H groups in total. The van der Waals surface area contributed by atoms with Crippen LogP contribution in [0.2, 0.25) is 0 Å². The van der Waals surface area contributed by atoms with Crippen molar-refractivity contribution in [1.29, 1.82) is 0 Å². The SMILES string of the molecule is CN=C(NCCc1nc(C(F)(F)F)cs1)N(C)Cc1ccc(Br)cc1.I. The molecule has 0 saturated carbocycles. The summed E-state index contributed by atoms with van der Waals surface area (Å²) < 4.78 is 38.6. The Hall–Kier alpha value is -0.880. The molecule has 0 atom stereocenters. The number of alkyl halides is 3. The van der Waals surface area contributed by atoms with Gasteiger partial charge in [-0.25, -0.2) is 4.98 Å². The summed E-state index contributed by atoms with van der Waals surface area (Å²) in [7, 11) is 3.58. The Bertz CT molecular complexity index is 719.